The van der Waals surface area contributed by atoms with Crippen molar-refractivity contribution in [2.24, 2.45) is 0 Å². The summed E-state index contributed by atoms with van der Waals surface area (Å²) in [4.78, 5) is 15.8. The fraction of sp³-hybridized carbons (Fsp3) is 0.350. The molecule has 1 aliphatic rings. The Bertz CT molecular complexity index is 877. The fourth-order valence-corrected chi connectivity index (χ4v) is 4.23. The van der Waals surface area contributed by atoms with Gasteiger partial charge in [-0.1, -0.05) is 18.2 Å². The molecule has 7 nitrogen and oxygen atoms in total. The standard InChI is InChI=1S/C20H26N4O3S/c1-17(25)22-18-7-9-20(10-8-18)28(26,27)21-11-12-23-13-15-24(16-14-23)19-5-3-2-4-6-19/h2-10,21H,11-16H2,1H3,(H,22,25). The molecular weight excluding hydrogens is 376 g/mol. The van der Waals surface area contributed by atoms with E-state index in [1.807, 2.05) is 18.2 Å². The van der Waals surface area contributed by atoms with E-state index in [9.17, 15) is 13.2 Å². The van der Waals surface area contributed by atoms with Gasteiger partial charge in [0.15, 0.2) is 0 Å². The summed E-state index contributed by atoms with van der Waals surface area (Å²) < 4.78 is 27.5. The minimum absolute atomic E-state index is 0.190. The summed E-state index contributed by atoms with van der Waals surface area (Å²) in [7, 11) is -3.56. The predicted octanol–water partition coefficient (Wildman–Crippen LogP) is 1.75. The molecule has 0 saturated carbocycles. The fourth-order valence-electron chi connectivity index (χ4n) is 3.21. The number of amides is 1. The van der Waals surface area contributed by atoms with E-state index in [0.717, 1.165) is 26.2 Å². The van der Waals surface area contributed by atoms with Gasteiger partial charge in [0.25, 0.3) is 0 Å². The lowest BCUT2D eigenvalue weighted by atomic mass is 10.2. The van der Waals surface area contributed by atoms with Gasteiger partial charge in [0.1, 0.15) is 0 Å². The monoisotopic (exact) mass is 402 g/mol. The van der Waals surface area contributed by atoms with Crippen LogP contribution in [0.3, 0.4) is 0 Å². The SMILES string of the molecule is CC(=O)Nc1ccc(S(=O)(=O)NCCN2CCN(c3ccccc3)CC2)cc1. The van der Waals surface area contributed by atoms with Crippen molar-refractivity contribution in [3.63, 3.8) is 0 Å². The Kier molecular flexibility index (Phi) is 6.66. The van der Waals surface area contributed by atoms with E-state index in [4.69, 9.17) is 0 Å². The zero-order valence-electron chi connectivity index (χ0n) is 16.0. The van der Waals surface area contributed by atoms with Gasteiger partial charge in [0, 0.05) is 57.6 Å². The number of anilines is 2. The smallest absolute Gasteiger partial charge is 0.240 e. The molecule has 0 unspecified atom stereocenters. The van der Waals surface area contributed by atoms with Crippen LogP contribution in [0.4, 0.5) is 11.4 Å². The van der Waals surface area contributed by atoms with Crippen LogP contribution in [0.5, 0.6) is 0 Å². The lowest BCUT2D eigenvalue weighted by molar-refractivity contribution is -0.114. The number of nitrogens with one attached hydrogen (secondary N) is 2. The summed E-state index contributed by atoms with van der Waals surface area (Å²) in [5.41, 5.74) is 1.80. The van der Waals surface area contributed by atoms with Crippen LogP contribution in [0.25, 0.3) is 0 Å². The second-order valence-corrected chi connectivity index (χ2v) is 8.53. The Labute approximate surface area is 166 Å². The molecule has 1 amide bonds. The van der Waals surface area contributed by atoms with Crippen molar-refractivity contribution < 1.29 is 13.2 Å². The summed E-state index contributed by atoms with van der Waals surface area (Å²) >= 11 is 0. The molecular formula is C20H26N4O3S. The highest BCUT2D eigenvalue weighted by Gasteiger charge is 2.18. The predicted molar refractivity (Wildman–Crippen MR) is 111 cm³/mol. The van der Waals surface area contributed by atoms with Crippen LogP contribution in [-0.2, 0) is 14.8 Å². The van der Waals surface area contributed by atoms with Gasteiger partial charge < -0.3 is 10.2 Å². The Hall–Kier alpha value is -2.42. The number of carbonyl (C=O) groups excluding carboxylic acids is 1. The Morgan fingerprint density at radius 3 is 2.21 bits per heavy atom. The second-order valence-electron chi connectivity index (χ2n) is 6.77. The van der Waals surface area contributed by atoms with Crippen molar-refractivity contribution in [3.8, 4) is 0 Å². The summed E-state index contributed by atoms with van der Waals surface area (Å²) in [5.74, 6) is -0.193. The molecule has 150 valence electrons. The van der Waals surface area contributed by atoms with Gasteiger partial charge in [-0.2, -0.15) is 0 Å². The maximum Gasteiger partial charge on any atom is 0.240 e. The van der Waals surface area contributed by atoms with Crippen LogP contribution in [0.1, 0.15) is 6.92 Å². The highest BCUT2D eigenvalue weighted by atomic mass is 32.2. The van der Waals surface area contributed by atoms with Crippen molar-refractivity contribution in [3.05, 3.63) is 54.6 Å². The number of nitrogens with zero attached hydrogens (tertiary/aromatic N) is 2. The average molecular weight is 403 g/mol. The quantitative estimate of drug-likeness (QED) is 0.737. The summed E-state index contributed by atoms with van der Waals surface area (Å²) in [6.07, 6.45) is 0. The minimum atomic E-state index is -3.56. The molecule has 1 saturated heterocycles. The molecule has 28 heavy (non-hydrogen) atoms. The van der Waals surface area contributed by atoms with Gasteiger partial charge in [-0.25, -0.2) is 13.1 Å². The molecule has 8 heteroatoms. The van der Waals surface area contributed by atoms with Gasteiger partial charge in [-0.05, 0) is 36.4 Å². The average Bonchev–Trinajstić information content (AvgIpc) is 2.69. The molecule has 0 aromatic heterocycles. The number of para-hydroxylation sites is 1. The molecule has 2 N–H and O–H groups in total. The molecule has 1 heterocycles. The molecule has 1 aliphatic heterocycles. The van der Waals surface area contributed by atoms with Crippen molar-refractivity contribution in [1.82, 2.24) is 9.62 Å². The van der Waals surface area contributed by atoms with E-state index in [0.29, 0.717) is 18.8 Å². The lowest BCUT2D eigenvalue weighted by Gasteiger charge is -2.36. The highest BCUT2D eigenvalue weighted by Crippen LogP contribution is 2.16. The third-order valence-electron chi connectivity index (χ3n) is 4.70. The van der Waals surface area contributed by atoms with Crippen LogP contribution in [0, 0.1) is 0 Å². The van der Waals surface area contributed by atoms with Gasteiger partial charge >= 0.3 is 0 Å². The number of piperazine rings is 1. The number of hydrogen-bond acceptors (Lipinski definition) is 5. The zero-order valence-corrected chi connectivity index (χ0v) is 16.8. The van der Waals surface area contributed by atoms with Crippen molar-refractivity contribution >= 4 is 27.3 Å². The number of hydrogen-bond donors (Lipinski definition) is 2. The number of benzene rings is 2. The molecule has 0 atom stereocenters. The Balaban J connectivity index is 1.45. The minimum Gasteiger partial charge on any atom is -0.369 e. The third-order valence-corrected chi connectivity index (χ3v) is 6.18. The van der Waals surface area contributed by atoms with E-state index < -0.39 is 10.0 Å². The van der Waals surface area contributed by atoms with Crippen molar-refractivity contribution in [1.29, 1.82) is 0 Å². The maximum atomic E-state index is 12.4. The van der Waals surface area contributed by atoms with E-state index in [1.165, 1.54) is 24.7 Å². The molecule has 2 aromatic carbocycles. The third kappa shape index (κ3) is 5.54. The van der Waals surface area contributed by atoms with E-state index >= 15 is 0 Å². The molecule has 2 aromatic rings. The van der Waals surface area contributed by atoms with Crippen LogP contribution >= 0.6 is 0 Å². The Morgan fingerprint density at radius 1 is 0.964 bits per heavy atom. The zero-order chi connectivity index (χ0) is 20.0. The molecule has 0 spiro atoms. The van der Waals surface area contributed by atoms with Crippen LogP contribution in [-0.4, -0.2) is 58.5 Å². The molecule has 3 rings (SSSR count). The van der Waals surface area contributed by atoms with Gasteiger partial charge in [0.2, 0.25) is 15.9 Å². The van der Waals surface area contributed by atoms with Crippen LogP contribution in [0.2, 0.25) is 0 Å². The molecule has 0 aliphatic carbocycles. The number of carbonyl (C=O) groups is 1. The topological polar surface area (TPSA) is 81.7 Å². The van der Waals surface area contributed by atoms with Gasteiger partial charge in [-0.3, -0.25) is 9.69 Å². The first-order chi connectivity index (χ1) is 13.4. The largest absolute Gasteiger partial charge is 0.369 e. The molecule has 0 radical (unpaired) electrons. The van der Waals surface area contributed by atoms with E-state index in [2.05, 4.69) is 32.0 Å². The van der Waals surface area contributed by atoms with Crippen LogP contribution in [0.15, 0.2) is 59.5 Å². The molecule has 0 bridgehead atoms. The van der Waals surface area contributed by atoms with Gasteiger partial charge in [0.05, 0.1) is 4.90 Å². The first-order valence-corrected chi connectivity index (χ1v) is 10.8. The maximum absolute atomic E-state index is 12.4. The Morgan fingerprint density at radius 2 is 1.61 bits per heavy atom. The van der Waals surface area contributed by atoms with E-state index in [1.54, 1.807) is 12.1 Å². The normalized spacial score (nSPS) is 15.4. The highest BCUT2D eigenvalue weighted by molar-refractivity contribution is 7.89. The number of sulfonamides is 1. The first kappa shape index (κ1) is 20.3. The van der Waals surface area contributed by atoms with Crippen LogP contribution < -0.4 is 14.9 Å². The number of rotatable bonds is 7. The van der Waals surface area contributed by atoms with E-state index in [-0.39, 0.29) is 10.8 Å². The second kappa shape index (κ2) is 9.18. The summed E-state index contributed by atoms with van der Waals surface area (Å²) in [5, 5.41) is 2.62. The summed E-state index contributed by atoms with van der Waals surface area (Å²) in [6, 6.07) is 16.5. The van der Waals surface area contributed by atoms with Gasteiger partial charge in [-0.15, -0.1) is 0 Å². The van der Waals surface area contributed by atoms with Crippen molar-refractivity contribution in [2.45, 2.75) is 11.8 Å². The van der Waals surface area contributed by atoms with Crippen molar-refractivity contribution in [2.75, 3.05) is 49.5 Å². The molecule has 1 fully saturated rings. The summed E-state index contributed by atoms with van der Waals surface area (Å²) in [6.45, 7) is 6.12. The lowest BCUT2D eigenvalue weighted by Crippen LogP contribution is -2.48. The first-order valence-electron chi connectivity index (χ1n) is 9.34.